The predicted octanol–water partition coefficient (Wildman–Crippen LogP) is 1.68. The van der Waals surface area contributed by atoms with Crippen molar-refractivity contribution in [2.45, 2.75) is 45.3 Å². The lowest BCUT2D eigenvalue weighted by molar-refractivity contribution is 0.0249. The van der Waals surface area contributed by atoms with Crippen molar-refractivity contribution < 1.29 is 5.11 Å². The Morgan fingerprint density at radius 2 is 2.32 bits per heavy atom. The minimum atomic E-state index is -0.283. The van der Waals surface area contributed by atoms with Crippen LogP contribution in [0.15, 0.2) is 4.79 Å². The van der Waals surface area contributed by atoms with E-state index in [0.29, 0.717) is 19.0 Å². The normalized spacial score (nSPS) is 25.7. The summed E-state index contributed by atoms with van der Waals surface area (Å²) in [5, 5.41) is 10.8. The van der Waals surface area contributed by atoms with E-state index in [1.165, 1.54) is 10.4 Å². The molecule has 1 saturated heterocycles. The van der Waals surface area contributed by atoms with Crippen LogP contribution in [-0.4, -0.2) is 39.2 Å². The van der Waals surface area contributed by atoms with Crippen molar-refractivity contribution in [1.82, 2.24) is 14.9 Å². The predicted molar refractivity (Wildman–Crippen MR) is 87.3 cm³/mol. The van der Waals surface area contributed by atoms with Gasteiger partial charge in [-0.15, -0.1) is 11.3 Å². The lowest BCUT2D eigenvalue weighted by Crippen LogP contribution is -2.42. The van der Waals surface area contributed by atoms with Crippen LogP contribution in [0.3, 0.4) is 0 Å². The van der Waals surface area contributed by atoms with Crippen molar-refractivity contribution in [2.75, 3.05) is 13.1 Å². The number of nitrogens with zero attached hydrogens (tertiary/aromatic N) is 2. The van der Waals surface area contributed by atoms with Gasteiger partial charge in [-0.25, -0.2) is 4.98 Å². The maximum absolute atomic E-state index is 12.4. The number of thiophene rings is 1. The van der Waals surface area contributed by atoms with Crippen molar-refractivity contribution in [3.63, 3.8) is 0 Å². The van der Waals surface area contributed by atoms with E-state index in [-0.39, 0.29) is 11.7 Å². The van der Waals surface area contributed by atoms with Gasteiger partial charge in [-0.2, -0.15) is 0 Å². The highest BCUT2D eigenvalue weighted by molar-refractivity contribution is 7.18. The molecule has 2 N–H and O–H groups in total. The Morgan fingerprint density at radius 3 is 3.14 bits per heavy atom. The van der Waals surface area contributed by atoms with Crippen molar-refractivity contribution >= 4 is 21.6 Å². The molecule has 6 heteroatoms. The van der Waals surface area contributed by atoms with E-state index in [1.807, 2.05) is 0 Å². The molecular weight excluding hydrogens is 298 g/mol. The number of aromatic amines is 1. The van der Waals surface area contributed by atoms with Crippen LogP contribution in [0.2, 0.25) is 0 Å². The quantitative estimate of drug-likeness (QED) is 0.883. The van der Waals surface area contributed by atoms with Crippen LogP contribution in [0.1, 0.15) is 36.0 Å². The molecule has 0 aromatic carbocycles. The molecule has 2 aromatic rings. The standard InChI is InChI=1S/C16H21N3O2S/c1-9-5-6-19(7-11(9)20)8-13-17-15(21)14-10-3-2-4-12(10)22-16(14)18-13/h9,11,20H,2-8H2,1H3,(H,17,18,21). The van der Waals surface area contributed by atoms with Crippen LogP contribution in [-0.2, 0) is 19.4 Å². The summed E-state index contributed by atoms with van der Waals surface area (Å²) in [6.45, 7) is 4.30. The first kappa shape index (κ1) is 14.4. The highest BCUT2D eigenvalue weighted by Gasteiger charge is 2.25. The van der Waals surface area contributed by atoms with Gasteiger partial charge in [0.25, 0.3) is 5.56 Å². The number of piperidine rings is 1. The van der Waals surface area contributed by atoms with E-state index in [9.17, 15) is 9.90 Å². The van der Waals surface area contributed by atoms with E-state index in [2.05, 4.69) is 21.8 Å². The second kappa shape index (κ2) is 5.44. The fraction of sp³-hybridized carbons (Fsp3) is 0.625. The molecule has 2 atom stereocenters. The summed E-state index contributed by atoms with van der Waals surface area (Å²) in [7, 11) is 0. The third kappa shape index (κ3) is 2.39. The van der Waals surface area contributed by atoms with Gasteiger partial charge in [-0.3, -0.25) is 9.69 Å². The average molecular weight is 319 g/mol. The molecule has 2 aromatic heterocycles. The Bertz CT molecular complexity index is 767. The van der Waals surface area contributed by atoms with E-state index in [0.717, 1.165) is 48.3 Å². The zero-order valence-electron chi connectivity index (χ0n) is 12.8. The molecule has 0 saturated carbocycles. The van der Waals surface area contributed by atoms with E-state index >= 15 is 0 Å². The summed E-state index contributed by atoms with van der Waals surface area (Å²) in [6, 6.07) is 0. The number of hydrogen-bond donors (Lipinski definition) is 2. The number of aromatic nitrogens is 2. The first-order valence-electron chi connectivity index (χ1n) is 8.05. The molecule has 4 rings (SSSR count). The molecule has 5 nitrogen and oxygen atoms in total. The van der Waals surface area contributed by atoms with Gasteiger partial charge in [-0.05, 0) is 43.7 Å². The fourth-order valence-corrected chi connectivity index (χ4v) is 4.87. The Balaban J connectivity index is 1.62. The summed E-state index contributed by atoms with van der Waals surface area (Å²) < 4.78 is 0. The lowest BCUT2D eigenvalue weighted by atomic mass is 9.96. The number of fused-ring (bicyclic) bond motifs is 3. The summed E-state index contributed by atoms with van der Waals surface area (Å²) in [4.78, 5) is 24.5. The number of aliphatic hydroxyl groups excluding tert-OH is 1. The van der Waals surface area contributed by atoms with Crippen LogP contribution in [0, 0.1) is 5.92 Å². The third-order valence-corrected chi connectivity index (χ3v) is 6.19. The molecule has 22 heavy (non-hydrogen) atoms. The van der Waals surface area contributed by atoms with Gasteiger partial charge in [0.2, 0.25) is 0 Å². The smallest absolute Gasteiger partial charge is 0.259 e. The van der Waals surface area contributed by atoms with Crippen molar-refractivity contribution in [3.8, 4) is 0 Å². The Kier molecular flexibility index (Phi) is 3.55. The minimum Gasteiger partial charge on any atom is -0.392 e. The summed E-state index contributed by atoms with van der Waals surface area (Å²) in [6.07, 6.45) is 3.95. The number of β-amino-alcohol motifs (C(OH)–C–C–N with tert-alkyl or cyclic N) is 1. The molecule has 1 aliphatic carbocycles. The van der Waals surface area contributed by atoms with Gasteiger partial charge in [0.1, 0.15) is 10.7 Å². The highest BCUT2D eigenvalue weighted by Crippen LogP contribution is 2.34. The number of nitrogens with one attached hydrogen (secondary N) is 1. The summed E-state index contributed by atoms with van der Waals surface area (Å²) >= 11 is 1.68. The maximum atomic E-state index is 12.4. The fourth-order valence-electron chi connectivity index (χ4n) is 3.59. The van der Waals surface area contributed by atoms with Crippen LogP contribution >= 0.6 is 11.3 Å². The number of aryl methyl sites for hydroxylation is 2. The number of likely N-dealkylation sites (tertiary alicyclic amines) is 1. The average Bonchev–Trinajstić information content (AvgIpc) is 3.03. The maximum Gasteiger partial charge on any atom is 0.259 e. The summed E-state index contributed by atoms with van der Waals surface area (Å²) in [5.41, 5.74) is 1.23. The van der Waals surface area contributed by atoms with Crippen molar-refractivity contribution in [1.29, 1.82) is 0 Å². The number of aliphatic hydroxyl groups is 1. The monoisotopic (exact) mass is 319 g/mol. The second-order valence-electron chi connectivity index (χ2n) is 6.62. The number of hydrogen-bond acceptors (Lipinski definition) is 5. The number of rotatable bonds is 2. The van der Waals surface area contributed by atoms with Crippen LogP contribution in [0.4, 0.5) is 0 Å². The first-order valence-corrected chi connectivity index (χ1v) is 8.87. The largest absolute Gasteiger partial charge is 0.392 e. The zero-order chi connectivity index (χ0) is 15.3. The Morgan fingerprint density at radius 1 is 1.45 bits per heavy atom. The molecule has 0 radical (unpaired) electrons. The molecule has 2 unspecified atom stereocenters. The third-order valence-electron chi connectivity index (χ3n) is 5.00. The first-order chi connectivity index (χ1) is 10.6. The van der Waals surface area contributed by atoms with Gasteiger partial charge < -0.3 is 10.1 Å². The minimum absolute atomic E-state index is 0.00493. The SMILES string of the molecule is CC1CCN(Cc2nc3sc4c(c3c(=O)[nH]2)CCC4)CC1O. The molecule has 2 aliphatic rings. The molecule has 0 amide bonds. The van der Waals surface area contributed by atoms with E-state index in [1.54, 1.807) is 11.3 Å². The molecule has 118 valence electrons. The van der Waals surface area contributed by atoms with Gasteiger partial charge in [0.15, 0.2) is 0 Å². The van der Waals surface area contributed by atoms with Crippen molar-refractivity contribution in [3.05, 3.63) is 26.6 Å². The molecule has 0 spiro atoms. The van der Waals surface area contributed by atoms with Crippen molar-refractivity contribution in [2.24, 2.45) is 5.92 Å². The molecular formula is C16H21N3O2S. The van der Waals surface area contributed by atoms with Gasteiger partial charge in [0, 0.05) is 11.4 Å². The molecule has 3 heterocycles. The lowest BCUT2D eigenvalue weighted by Gasteiger charge is -2.33. The molecule has 1 aliphatic heterocycles. The summed E-state index contributed by atoms with van der Waals surface area (Å²) in [5.74, 6) is 1.07. The topological polar surface area (TPSA) is 69.2 Å². The zero-order valence-corrected chi connectivity index (χ0v) is 13.6. The van der Waals surface area contributed by atoms with Crippen LogP contribution < -0.4 is 5.56 Å². The van der Waals surface area contributed by atoms with E-state index < -0.39 is 0 Å². The Hall–Kier alpha value is -1.24. The van der Waals surface area contributed by atoms with E-state index in [4.69, 9.17) is 0 Å². The van der Waals surface area contributed by atoms with Crippen LogP contribution in [0.5, 0.6) is 0 Å². The van der Waals surface area contributed by atoms with Gasteiger partial charge in [-0.1, -0.05) is 6.92 Å². The highest BCUT2D eigenvalue weighted by atomic mass is 32.1. The molecule has 0 bridgehead atoms. The van der Waals surface area contributed by atoms with Crippen LogP contribution in [0.25, 0.3) is 10.2 Å². The second-order valence-corrected chi connectivity index (χ2v) is 7.70. The number of H-pyrrole nitrogens is 1. The Labute approximate surface area is 133 Å². The molecule has 1 fully saturated rings. The van der Waals surface area contributed by atoms with Gasteiger partial charge in [0.05, 0.1) is 18.0 Å². The van der Waals surface area contributed by atoms with Gasteiger partial charge >= 0.3 is 0 Å².